The number of halogens is 3. The summed E-state index contributed by atoms with van der Waals surface area (Å²) < 4.78 is 30.8. The molecule has 2 nitrogen and oxygen atoms in total. The Hall–Kier alpha value is -0.710. The molecular formula is C10H12ClF2NO. The first kappa shape index (κ1) is 12.4. The standard InChI is InChI=1S/C10H11F2NO.ClH/c11-8-2-1-7(5-9(8)12)10-6-14-4-3-13-10;/h1-2,5,10,13H,3-4,6H2;1H. The van der Waals surface area contributed by atoms with E-state index in [0.29, 0.717) is 13.2 Å². The lowest BCUT2D eigenvalue weighted by molar-refractivity contribution is 0.0767. The molecule has 1 saturated heterocycles. The van der Waals surface area contributed by atoms with Crippen LogP contribution in [0.25, 0.3) is 0 Å². The highest BCUT2D eigenvalue weighted by atomic mass is 35.5. The lowest BCUT2D eigenvalue weighted by Crippen LogP contribution is -2.34. The summed E-state index contributed by atoms with van der Waals surface area (Å²) in [6.45, 7) is 1.91. The highest BCUT2D eigenvalue weighted by Crippen LogP contribution is 2.18. The Balaban J connectivity index is 0.00000112. The smallest absolute Gasteiger partial charge is 0.159 e. The van der Waals surface area contributed by atoms with E-state index < -0.39 is 11.6 Å². The molecule has 15 heavy (non-hydrogen) atoms. The Labute approximate surface area is 93.0 Å². The Morgan fingerprint density at radius 3 is 2.67 bits per heavy atom. The molecule has 0 aromatic heterocycles. The number of morpholine rings is 1. The van der Waals surface area contributed by atoms with E-state index in [1.807, 2.05) is 0 Å². The van der Waals surface area contributed by atoms with Crippen LogP contribution in [0.2, 0.25) is 0 Å². The second kappa shape index (κ2) is 5.39. The molecule has 1 aromatic rings. The Morgan fingerprint density at radius 2 is 2.07 bits per heavy atom. The fourth-order valence-corrected chi connectivity index (χ4v) is 1.51. The van der Waals surface area contributed by atoms with Crippen molar-refractivity contribution in [2.75, 3.05) is 19.8 Å². The number of ether oxygens (including phenoxy) is 1. The maximum Gasteiger partial charge on any atom is 0.159 e. The van der Waals surface area contributed by atoms with Crippen molar-refractivity contribution < 1.29 is 13.5 Å². The van der Waals surface area contributed by atoms with Gasteiger partial charge in [0.2, 0.25) is 0 Å². The molecule has 0 saturated carbocycles. The number of rotatable bonds is 1. The largest absolute Gasteiger partial charge is 0.378 e. The van der Waals surface area contributed by atoms with Crippen molar-refractivity contribution in [3.63, 3.8) is 0 Å². The van der Waals surface area contributed by atoms with Crippen molar-refractivity contribution >= 4 is 12.4 Å². The summed E-state index contributed by atoms with van der Waals surface area (Å²) in [5.41, 5.74) is 0.726. The van der Waals surface area contributed by atoms with E-state index in [1.165, 1.54) is 6.07 Å². The van der Waals surface area contributed by atoms with Crippen LogP contribution in [0.3, 0.4) is 0 Å². The van der Waals surface area contributed by atoms with Gasteiger partial charge in [-0.2, -0.15) is 0 Å². The van der Waals surface area contributed by atoms with Crippen LogP contribution < -0.4 is 5.32 Å². The number of nitrogens with one attached hydrogen (secondary N) is 1. The number of benzene rings is 1. The summed E-state index contributed by atoms with van der Waals surface area (Å²) in [5, 5.41) is 3.17. The van der Waals surface area contributed by atoms with Gasteiger partial charge in [0.05, 0.1) is 19.3 Å². The van der Waals surface area contributed by atoms with Crippen LogP contribution in [-0.2, 0) is 4.74 Å². The van der Waals surface area contributed by atoms with Gasteiger partial charge in [0.25, 0.3) is 0 Å². The zero-order valence-electron chi connectivity index (χ0n) is 8.00. The van der Waals surface area contributed by atoms with Gasteiger partial charge in [-0.15, -0.1) is 12.4 Å². The average molecular weight is 236 g/mol. The van der Waals surface area contributed by atoms with Gasteiger partial charge in [-0.1, -0.05) is 6.07 Å². The lowest BCUT2D eigenvalue weighted by atomic mass is 10.1. The summed E-state index contributed by atoms with van der Waals surface area (Å²) in [6.07, 6.45) is 0. The van der Waals surface area contributed by atoms with Gasteiger partial charge in [0, 0.05) is 6.54 Å². The molecule has 0 bridgehead atoms. The monoisotopic (exact) mass is 235 g/mol. The van der Waals surface area contributed by atoms with Crippen molar-refractivity contribution in [2.24, 2.45) is 0 Å². The molecule has 1 unspecified atom stereocenters. The van der Waals surface area contributed by atoms with Crippen molar-refractivity contribution in [1.82, 2.24) is 5.32 Å². The molecule has 5 heteroatoms. The van der Waals surface area contributed by atoms with E-state index >= 15 is 0 Å². The third-order valence-corrected chi connectivity index (χ3v) is 2.27. The van der Waals surface area contributed by atoms with Gasteiger partial charge in [-0.3, -0.25) is 0 Å². The molecule has 0 amide bonds. The lowest BCUT2D eigenvalue weighted by Gasteiger charge is -2.24. The molecule has 0 spiro atoms. The maximum absolute atomic E-state index is 12.9. The summed E-state index contributed by atoms with van der Waals surface area (Å²) >= 11 is 0. The van der Waals surface area contributed by atoms with Crippen LogP contribution in [0.15, 0.2) is 18.2 Å². The van der Waals surface area contributed by atoms with Crippen molar-refractivity contribution in [1.29, 1.82) is 0 Å². The summed E-state index contributed by atoms with van der Waals surface area (Å²) in [6, 6.07) is 3.90. The Kier molecular flexibility index (Phi) is 4.45. The number of hydrogen-bond donors (Lipinski definition) is 1. The van der Waals surface area contributed by atoms with Gasteiger partial charge < -0.3 is 10.1 Å². The summed E-state index contributed by atoms with van der Waals surface area (Å²) in [4.78, 5) is 0. The first-order valence-corrected chi connectivity index (χ1v) is 4.53. The molecule has 0 radical (unpaired) electrons. The third kappa shape index (κ3) is 2.87. The molecule has 1 heterocycles. The summed E-state index contributed by atoms with van der Waals surface area (Å²) in [7, 11) is 0. The quantitative estimate of drug-likeness (QED) is 0.805. The van der Waals surface area contributed by atoms with E-state index in [2.05, 4.69) is 5.32 Å². The van der Waals surface area contributed by atoms with Crippen molar-refractivity contribution in [3.8, 4) is 0 Å². The van der Waals surface area contributed by atoms with E-state index in [4.69, 9.17) is 4.74 Å². The first-order valence-electron chi connectivity index (χ1n) is 4.53. The summed E-state index contributed by atoms with van der Waals surface area (Å²) in [5.74, 6) is -1.62. The molecule has 84 valence electrons. The average Bonchev–Trinajstić information content (AvgIpc) is 2.23. The minimum absolute atomic E-state index is 0. The zero-order valence-corrected chi connectivity index (χ0v) is 8.82. The van der Waals surface area contributed by atoms with Crippen LogP contribution in [0.5, 0.6) is 0 Å². The van der Waals surface area contributed by atoms with Gasteiger partial charge in [-0.05, 0) is 17.7 Å². The highest BCUT2D eigenvalue weighted by molar-refractivity contribution is 5.85. The minimum atomic E-state index is -0.814. The zero-order chi connectivity index (χ0) is 9.97. The molecule has 1 atom stereocenters. The van der Waals surface area contributed by atoms with Crippen molar-refractivity contribution in [2.45, 2.75) is 6.04 Å². The van der Waals surface area contributed by atoms with Gasteiger partial charge in [0.15, 0.2) is 11.6 Å². The Morgan fingerprint density at radius 1 is 1.27 bits per heavy atom. The van der Waals surface area contributed by atoms with Gasteiger partial charge >= 0.3 is 0 Å². The SMILES string of the molecule is Cl.Fc1ccc(C2COCCN2)cc1F. The van der Waals surface area contributed by atoms with Crippen LogP contribution in [0, 0.1) is 11.6 Å². The van der Waals surface area contributed by atoms with E-state index in [1.54, 1.807) is 6.07 Å². The molecule has 1 aliphatic rings. The number of hydrogen-bond acceptors (Lipinski definition) is 2. The van der Waals surface area contributed by atoms with Gasteiger partial charge in [0.1, 0.15) is 0 Å². The Bertz CT molecular complexity index is 329. The predicted molar refractivity (Wildman–Crippen MR) is 55.2 cm³/mol. The molecule has 0 aliphatic carbocycles. The van der Waals surface area contributed by atoms with Crippen LogP contribution in [0.4, 0.5) is 8.78 Å². The maximum atomic E-state index is 12.9. The fourth-order valence-electron chi connectivity index (χ4n) is 1.51. The normalized spacial score (nSPS) is 20.8. The molecule has 1 N–H and O–H groups in total. The molecule has 1 aliphatic heterocycles. The molecular weight excluding hydrogens is 224 g/mol. The first-order chi connectivity index (χ1) is 6.77. The minimum Gasteiger partial charge on any atom is -0.378 e. The predicted octanol–water partition coefficient (Wildman–Crippen LogP) is 2.05. The molecule has 1 fully saturated rings. The van der Waals surface area contributed by atoms with E-state index in [9.17, 15) is 8.78 Å². The third-order valence-electron chi connectivity index (χ3n) is 2.27. The fraction of sp³-hybridized carbons (Fsp3) is 0.400. The van der Waals surface area contributed by atoms with Crippen LogP contribution in [0.1, 0.15) is 11.6 Å². The second-order valence-electron chi connectivity index (χ2n) is 3.26. The topological polar surface area (TPSA) is 21.3 Å². The van der Waals surface area contributed by atoms with Crippen molar-refractivity contribution in [3.05, 3.63) is 35.4 Å². The van der Waals surface area contributed by atoms with E-state index in [0.717, 1.165) is 18.2 Å². The second-order valence-corrected chi connectivity index (χ2v) is 3.26. The molecule has 1 aromatic carbocycles. The van der Waals surface area contributed by atoms with E-state index in [-0.39, 0.29) is 18.4 Å². The van der Waals surface area contributed by atoms with Crippen LogP contribution >= 0.6 is 12.4 Å². The van der Waals surface area contributed by atoms with Gasteiger partial charge in [-0.25, -0.2) is 8.78 Å². The molecule has 2 rings (SSSR count). The van der Waals surface area contributed by atoms with Crippen LogP contribution in [-0.4, -0.2) is 19.8 Å². The highest BCUT2D eigenvalue weighted by Gasteiger charge is 2.16.